The molecule has 2 amide bonds. The molecule has 31 heavy (non-hydrogen) atoms. The maximum Gasteiger partial charge on any atom is 0.278 e. The smallest absolute Gasteiger partial charge is 0.278 e. The Labute approximate surface area is 182 Å². The first kappa shape index (κ1) is 21.6. The summed E-state index contributed by atoms with van der Waals surface area (Å²) in [5.74, 6) is -2.32. The van der Waals surface area contributed by atoms with Gasteiger partial charge in [-0.05, 0) is 31.5 Å². The van der Waals surface area contributed by atoms with Gasteiger partial charge in [0, 0.05) is 35.8 Å². The fraction of sp³-hybridized carbons (Fsp3) is 0.429. The average molecular weight is 451 g/mol. The molecule has 1 saturated heterocycles. The van der Waals surface area contributed by atoms with Gasteiger partial charge in [-0.15, -0.1) is 0 Å². The van der Waals surface area contributed by atoms with Crippen molar-refractivity contribution in [2.45, 2.75) is 31.1 Å². The number of rotatable bonds is 6. The number of carbonyl (C=O) groups is 2. The normalized spacial score (nSPS) is 24.6. The van der Waals surface area contributed by atoms with E-state index in [0.717, 1.165) is 4.90 Å². The van der Waals surface area contributed by atoms with Crippen LogP contribution in [0.1, 0.15) is 18.1 Å². The van der Waals surface area contributed by atoms with Crippen LogP contribution in [-0.4, -0.2) is 46.7 Å². The van der Waals surface area contributed by atoms with Crippen molar-refractivity contribution in [2.75, 3.05) is 18.1 Å². The summed E-state index contributed by atoms with van der Waals surface area (Å²) < 4.78 is 34.4. The molecule has 1 aromatic heterocycles. The Kier molecular flexibility index (Phi) is 5.65. The second-order valence-electron chi connectivity index (χ2n) is 7.99. The molecule has 1 aliphatic carbocycles. The lowest BCUT2D eigenvalue weighted by atomic mass is 9.89. The fourth-order valence-electron chi connectivity index (χ4n) is 4.13. The van der Waals surface area contributed by atoms with Crippen molar-refractivity contribution in [3.63, 3.8) is 0 Å². The van der Waals surface area contributed by atoms with Gasteiger partial charge in [0.05, 0.1) is 18.9 Å². The zero-order valence-electron chi connectivity index (χ0n) is 16.9. The molecule has 4 rings (SSSR count). The molecule has 2 heterocycles. The second kappa shape index (κ2) is 8.12. The molecule has 2 aliphatic rings. The lowest BCUT2D eigenvalue weighted by Crippen LogP contribution is -2.59. The fourth-order valence-corrected chi connectivity index (χ4v) is 4.23. The quantitative estimate of drug-likeness (QED) is 0.683. The van der Waals surface area contributed by atoms with Crippen molar-refractivity contribution in [3.05, 3.63) is 53.9 Å². The summed E-state index contributed by atoms with van der Waals surface area (Å²) >= 11 is 5.49. The summed E-state index contributed by atoms with van der Waals surface area (Å²) in [6, 6.07) is 3.93. The van der Waals surface area contributed by atoms with Gasteiger partial charge in [-0.1, -0.05) is 17.7 Å². The molecule has 0 radical (unpaired) electrons. The number of halogens is 3. The lowest BCUT2D eigenvalue weighted by Gasteiger charge is -2.40. The zero-order chi connectivity index (χ0) is 22.3. The number of benzene rings is 1. The summed E-state index contributed by atoms with van der Waals surface area (Å²) in [6.07, 6.45) is 3.91. The number of anilines is 1. The van der Waals surface area contributed by atoms with Crippen LogP contribution in [0.3, 0.4) is 0 Å². The standard InChI is InChI=1S/C21H21ClF2N4O3/c1-11-3-4-16(15(23)5-11)28(19(29)18(22)24)21(2,12-6-25-10-26-7-12)20(30)27-17-13-8-31-9-14(13)17/h3-7,10,13-14,17-18H,8-9H2,1-2H3,(H,27,30)/t13?,14?,17?,18-,21-/m0/s1. The topological polar surface area (TPSA) is 84.4 Å². The molecule has 1 aromatic carbocycles. The lowest BCUT2D eigenvalue weighted by molar-refractivity contribution is -0.131. The monoisotopic (exact) mass is 450 g/mol. The first-order chi connectivity index (χ1) is 14.7. The molecule has 1 aliphatic heterocycles. The van der Waals surface area contributed by atoms with Crippen LogP contribution >= 0.6 is 11.6 Å². The van der Waals surface area contributed by atoms with E-state index in [1.807, 2.05) is 0 Å². The largest absolute Gasteiger partial charge is 0.381 e. The van der Waals surface area contributed by atoms with E-state index in [-0.39, 0.29) is 29.1 Å². The molecular formula is C21H21ClF2N4O3. The summed E-state index contributed by atoms with van der Waals surface area (Å²) in [7, 11) is 0. The molecule has 10 heteroatoms. The Morgan fingerprint density at radius 1 is 1.29 bits per heavy atom. The number of nitrogens with zero attached hydrogens (tertiary/aromatic N) is 3. The van der Waals surface area contributed by atoms with E-state index in [0.29, 0.717) is 18.8 Å². The number of carbonyl (C=O) groups excluding carboxylic acids is 2. The Morgan fingerprint density at radius 3 is 2.52 bits per heavy atom. The highest BCUT2D eigenvalue weighted by atomic mass is 35.5. The second-order valence-corrected chi connectivity index (χ2v) is 8.38. The predicted molar refractivity (Wildman–Crippen MR) is 108 cm³/mol. The van der Waals surface area contributed by atoms with Crippen molar-refractivity contribution in [3.8, 4) is 0 Å². The molecular weight excluding hydrogens is 430 g/mol. The molecule has 164 valence electrons. The maximum absolute atomic E-state index is 15.0. The van der Waals surface area contributed by atoms with Crippen LogP contribution in [0.2, 0.25) is 0 Å². The first-order valence-electron chi connectivity index (χ1n) is 9.77. The Morgan fingerprint density at radius 2 is 1.94 bits per heavy atom. The highest BCUT2D eigenvalue weighted by molar-refractivity contribution is 6.32. The van der Waals surface area contributed by atoms with E-state index in [9.17, 15) is 18.4 Å². The van der Waals surface area contributed by atoms with Crippen molar-refractivity contribution in [2.24, 2.45) is 11.8 Å². The van der Waals surface area contributed by atoms with Crippen LogP contribution in [-0.2, 0) is 19.9 Å². The van der Waals surface area contributed by atoms with E-state index in [2.05, 4.69) is 15.3 Å². The number of nitrogens with one attached hydrogen (secondary N) is 1. The van der Waals surface area contributed by atoms with E-state index in [1.165, 1.54) is 37.8 Å². The Balaban J connectivity index is 1.82. The van der Waals surface area contributed by atoms with Crippen LogP contribution in [0.15, 0.2) is 36.9 Å². The highest BCUT2D eigenvalue weighted by Gasteiger charge is 2.57. The first-order valence-corrected chi connectivity index (χ1v) is 10.2. The number of alkyl halides is 2. The third-order valence-electron chi connectivity index (χ3n) is 6.01. The van der Waals surface area contributed by atoms with Crippen molar-refractivity contribution < 1.29 is 23.1 Å². The molecule has 0 spiro atoms. The molecule has 1 N–H and O–H groups in total. The number of fused-ring (bicyclic) bond motifs is 1. The Bertz CT molecular complexity index is 999. The summed E-state index contributed by atoms with van der Waals surface area (Å²) in [4.78, 5) is 35.1. The van der Waals surface area contributed by atoms with Crippen LogP contribution in [0.5, 0.6) is 0 Å². The van der Waals surface area contributed by atoms with Crippen molar-refractivity contribution >= 4 is 29.1 Å². The van der Waals surface area contributed by atoms with Crippen LogP contribution in [0, 0.1) is 24.6 Å². The van der Waals surface area contributed by atoms with Gasteiger partial charge in [0.1, 0.15) is 12.1 Å². The summed E-state index contributed by atoms with van der Waals surface area (Å²) in [5.41, 5.74) is -3.87. The molecule has 2 fully saturated rings. The maximum atomic E-state index is 15.0. The molecule has 7 nitrogen and oxygen atoms in total. The number of ether oxygens (including phenoxy) is 1. The SMILES string of the molecule is Cc1ccc(N(C(=O)[C@H](F)Cl)[C@](C)(C(=O)NC2C3COCC32)c2cncnc2)c(F)c1. The summed E-state index contributed by atoms with van der Waals surface area (Å²) in [6.45, 7) is 4.13. The highest BCUT2D eigenvalue weighted by Crippen LogP contribution is 2.45. The zero-order valence-corrected chi connectivity index (χ0v) is 17.6. The Hall–Kier alpha value is -2.65. The van der Waals surface area contributed by atoms with Gasteiger partial charge in [-0.2, -0.15) is 0 Å². The van der Waals surface area contributed by atoms with Gasteiger partial charge in [-0.3, -0.25) is 14.5 Å². The molecule has 2 unspecified atom stereocenters. The van der Waals surface area contributed by atoms with E-state index in [1.54, 1.807) is 13.0 Å². The number of hydrogen-bond donors (Lipinski definition) is 1. The molecule has 0 bridgehead atoms. The van der Waals surface area contributed by atoms with Crippen LogP contribution in [0.25, 0.3) is 0 Å². The minimum Gasteiger partial charge on any atom is -0.381 e. The summed E-state index contributed by atoms with van der Waals surface area (Å²) in [5, 5.41) is 2.91. The van der Waals surface area contributed by atoms with E-state index >= 15 is 0 Å². The van der Waals surface area contributed by atoms with E-state index < -0.39 is 28.8 Å². The third-order valence-corrected chi connectivity index (χ3v) is 6.20. The number of amides is 2. The third kappa shape index (κ3) is 3.76. The minimum absolute atomic E-state index is 0.137. The minimum atomic E-state index is -2.49. The average Bonchev–Trinajstić information content (AvgIpc) is 3.16. The van der Waals surface area contributed by atoms with Crippen LogP contribution < -0.4 is 10.2 Å². The number of aromatic nitrogens is 2. The number of aryl methyl sites for hydroxylation is 1. The van der Waals surface area contributed by atoms with Gasteiger partial charge in [-0.25, -0.2) is 18.7 Å². The van der Waals surface area contributed by atoms with Crippen molar-refractivity contribution in [1.82, 2.24) is 15.3 Å². The van der Waals surface area contributed by atoms with Crippen LogP contribution in [0.4, 0.5) is 14.5 Å². The molecule has 2 aromatic rings. The number of hydrogen-bond acceptors (Lipinski definition) is 5. The van der Waals surface area contributed by atoms with Gasteiger partial charge >= 0.3 is 0 Å². The molecule has 1 saturated carbocycles. The van der Waals surface area contributed by atoms with Gasteiger partial charge in [0.15, 0.2) is 5.54 Å². The van der Waals surface area contributed by atoms with E-state index in [4.69, 9.17) is 16.3 Å². The van der Waals surface area contributed by atoms with Crippen molar-refractivity contribution in [1.29, 1.82) is 0 Å². The predicted octanol–water partition coefficient (Wildman–Crippen LogP) is 2.47. The van der Waals surface area contributed by atoms with Gasteiger partial charge in [0.25, 0.3) is 17.4 Å². The van der Waals surface area contributed by atoms with Gasteiger partial charge < -0.3 is 10.1 Å². The van der Waals surface area contributed by atoms with Gasteiger partial charge in [0.2, 0.25) is 0 Å². The molecule has 4 atom stereocenters.